The lowest BCUT2D eigenvalue weighted by Crippen LogP contribution is -2.63. The summed E-state index contributed by atoms with van der Waals surface area (Å²) in [6.07, 6.45) is 0.919. The van der Waals surface area contributed by atoms with Gasteiger partial charge in [0.15, 0.2) is 0 Å². The van der Waals surface area contributed by atoms with Gasteiger partial charge < -0.3 is 9.80 Å². The zero-order chi connectivity index (χ0) is 47.2. The smallest absolute Gasteiger partial charge is 0.248 e. The van der Waals surface area contributed by atoms with E-state index in [-0.39, 0.29) is 18.8 Å². The zero-order valence-corrected chi connectivity index (χ0v) is 41.3. The maximum absolute atomic E-state index is 2.75. The van der Waals surface area contributed by atoms with Crippen LogP contribution < -0.4 is 42.6 Å². The van der Waals surface area contributed by atoms with Gasteiger partial charge in [-0.3, -0.25) is 0 Å². The summed E-state index contributed by atoms with van der Waals surface area (Å²) >= 11 is 0. The van der Waals surface area contributed by atoms with E-state index in [9.17, 15) is 0 Å². The van der Waals surface area contributed by atoms with E-state index in [0.29, 0.717) is 0 Å². The van der Waals surface area contributed by atoms with E-state index in [1.807, 2.05) is 0 Å². The van der Waals surface area contributed by atoms with Gasteiger partial charge in [-0.15, -0.1) is 0 Å². The predicted octanol–water partition coefficient (Wildman–Crippen LogP) is 12.6. The van der Waals surface area contributed by atoms with Gasteiger partial charge in [-0.2, -0.15) is 0 Å². The highest BCUT2D eigenvalue weighted by molar-refractivity contribution is 7.01. The van der Waals surface area contributed by atoms with Crippen LogP contribution in [0.1, 0.15) is 69.5 Å². The summed E-state index contributed by atoms with van der Waals surface area (Å²) in [6, 6.07) is 61.6. The van der Waals surface area contributed by atoms with E-state index in [2.05, 4.69) is 223 Å². The summed E-state index contributed by atoms with van der Waals surface area (Å²) in [5.74, 6) is 0. The molecule has 3 aliphatic heterocycles. The van der Waals surface area contributed by atoms with E-state index in [0.717, 1.165) is 6.42 Å². The number of benzene rings is 10. The molecular weight excluding hydrogens is 842 g/mol. The van der Waals surface area contributed by atoms with Crippen LogP contribution >= 0.6 is 0 Å². The van der Waals surface area contributed by atoms with Crippen LogP contribution in [0, 0.1) is 41.5 Å². The minimum absolute atomic E-state index is 0.000703. The van der Waals surface area contributed by atoms with Gasteiger partial charge >= 0.3 is 0 Å². The summed E-state index contributed by atoms with van der Waals surface area (Å²) in [5, 5.41) is 5.19. The highest BCUT2D eigenvalue weighted by atomic mass is 15.3. The number of rotatable bonds is 2. The molecule has 10 aromatic rings. The highest BCUT2D eigenvalue weighted by Gasteiger charge is 2.52. The van der Waals surface area contributed by atoms with Crippen molar-refractivity contribution in [1.82, 2.24) is 0 Å². The molecule has 0 N–H and O–H groups in total. The van der Waals surface area contributed by atoms with Gasteiger partial charge in [-0.1, -0.05) is 192 Å². The molecule has 5 aliphatic rings. The molecule has 0 fully saturated rings. The van der Waals surface area contributed by atoms with Crippen molar-refractivity contribution >= 4 is 102 Å². The average molecular weight is 895 g/mol. The largest absolute Gasteiger partial charge is 0.307 e. The third-order valence-corrected chi connectivity index (χ3v) is 17.4. The summed E-state index contributed by atoms with van der Waals surface area (Å²) in [5.41, 5.74) is 35.3. The molecule has 0 bridgehead atoms. The molecule has 2 nitrogen and oxygen atoms in total. The minimum atomic E-state index is -0.236. The van der Waals surface area contributed by atoms with E-state index >= 15 is 0 Å². The fraction of sp³-hybridized carbons (Fsp3) is 0.152. The van der Waals surface area contributed by atoms with Crippen LogP contribution in [-0.4, -0.2) is 13.4 Å². The molecule has 15 rings (SSSR count). The first-order valence-electron chi connectivity index (χ1n) is 25.4. The molecule has 4 heteroatoms. The van der Waals surface area contributed by atoms with Crippen LogP contribution in [0.2, 0.25) is 0 Å². The number of hydrogen-bond donors (Lipinski definition) is 0. The molecule has 70 heavy (non-hydrogen) atoms. The Labute approximate surface area is 412 Å². The second kappa shape index (κ2) is 13.8. The lowest BCUT2D eigenvalue weighted by molar-refractivity contribution is 0.664. The summed E-state index contributed by atoms with van der Waals surface area (Å²) in [4.78, 5) is 5.50. The summed E-state index contributed by atoms with van der Waals surface area (Å²) in [6.45, 7) is 18.9. The second-order valence-corrected chi connectivity index (χ2v) is 21.9. The lowest BCUT2D eigenvalue weighted by atomic mass is 9.31. The quantitative estimate of drug-likeness (QED) is 0.160. The first kappa shape index (κ1) is 40.3. The Kier molecular flexibility index (Phi) is 7.97. The fourth-order valence-corrected chi connectivity index (χ4v) is 15.1. The molecule has 0 unspecified atom stereocenters. The van der Waals surface area contributed by atoms with Crippen LogP contribution in [0.4, 0.5) is 34.1 Å². The van der Waals surface area contributed by atoms with E-state index in [1.165, 1.54) is 166 Å². The van der Waals surface area contributed by atoms with Gasteiger partial charge in [0, 0.05) is 16.8 Å². The Morgan fingerprint density at radius 1 is 0.400 bits per heavy atom. The van der Waals surface area contributed by atoms with E-state index in [1.54, 1.807) is 0 Å². The van der Waals surface area contributed by atoms with Crippen molar-refractivity contribution in [1.29, 1.82) is 0 Å². The molecule has 2 aliphatic carbocycles. The molecule has 332 valence electrons. The van der Waals surface area contributed by atoms with Crippen molar-refractivity contribution in [2.45, 2.75) is 67.2 Å². The minimum Gasteiger partial charge on any atom is -0.307 e. The number of hydrogen-bond acceptors (Lipinski definition) is 2. The van der Waals surface area contributed by atoms with Gasteiger partial charge in [0.25, 0.3) is 0 Å². The average Bonchev–Trinajstić information content (AvgIpc) is 3.84. The topological polar surface area (TPSA) is 6.48 Å². The molecule has 0 amide bonds. The van der Waals surface area contributed by atoms with Crippen molar-refractivity contribution < 1.29 is 0 Å². The lowest BCUT2D eigenvalue weighted by Gasteiger charge is -2.50. The third kappa shape index (κ3) is 5.01. The number of anilines is 6. The molecular formula is C66H52B2N2. The number of aryl methyl sites for hydroxylation is 6. The Balaban J connectivity index is 1.15. The van der Waals surface area contributed by atoms with Crippen LogP contribution in [0.15, 0.2) is 158 Å². The van der Waals surface area contributed by atoms with Gasteiger partial charge in [0.2, 0.25) is 13.4 Å². The highest BCUT2D eigenvalue weighted by Crippen LogP contribution is 2.59. The van der Waals surface area contributed by atoms with Gasteiger partial charge in [0.1, 0.15) is 0 Å². The Bertz CT molecular complexity index is 4020. The van der Waals surface area contributed by atoms with Crippen molar-refractivity contribution in [3.8, 4) is 22.3 Å². The molecule has 10 aromatic carbocycles. The van der Waals surface area contributed by atoms with Crippen molar-refractivity contribution in [2.24, 2.45) is 0 Å². The maximum Gasteiger partial charge on any atom is 0.248 e. The van der Waals surface area contributed by atoms with Crippen LogP contribution in [0.3, 0.4) is 0 Å². The SMILES string of the molecule is Cc1cc(C)c(B2c3c(ccc4c3C(C)(C)c3ccccc3-4)N3c4cc5ccccc5c5c4N(c4ccc6c(c4B5c4c(C)cc(C)cc4C)Cc4ccccc4-6)c4cc5ccccc5c2c43)c(C)c1. The van der Waals surface area contributed by atoms with Crippen LogP contribution in [0.25, 0.3) is 43.8 Å². The standard InChI is InChI=1S/C66H52B2N2/c1-36-29-38(3)58(39(4)30-36)67-60-51-33-42-17-9-12-20-45(42)48(51)25-27-53(60)69-55-34-44-19-11-14-22-47(44)62-65(55)70(56-35-43-18-10-13-21-46(43)61(67)64(56)69)54-28-26-50-49-23-15-16-24-52(49)66(7,8)57(50)63(54)68(62)59-40(5)31-37(2)32-41(59)6/h9-32,34-35H,33H2,1-8H3. The van der Waals surface area contributed by atoms with Gasteiger partial charge in [0.05, 0.1) is 22.7 Å². The number of fused-ring (bicyclic) bond motifs is 18. The molecule has 0 saturated carbocycles. The van der Waals surface area contributed by atoms with E-state index in [4.69, 9.17) is 0 Å². The van der Waals surface area contributed by atoms with E-state index < -0.39 is 0 Å². The van der Waals surface area contributed by atoms with Crippen LogP contribution in [0.5, 0.6) is 0 Å². The van der Waals surface area contributed by atoms with Crippen molar-refractivity contribution in [2.75, 3.05) is 9.80 Å². The first-order chi connectivity index (χ1) is 34.0. The first-order valence-corrected chi connectivity index (χ1v) is 25.4. The fourth-order valence-electron chi connectivity index (χ4n) is 15.1. The molecule has 0 aromatic heterocycles. The summed E-state index contributed by atoms with van der Waals surface area (Å²) < 4.78 is 0. The van der Waals surface area contributed by atoms with Crippen molar-refractivity contribution in [3.05, 3.63) is 213 Å². The predicted molar refractivity (Wildman–Crippen MR) is 301 cm³/mol. The second-order valence-electron chi connectivity index (χ2n) is 21.9. The van der Waals surface area contributed by atoms with Gasteiger partial charge in [-0.05, 0) is 160 Å². The third-order valence-electron chi connectivity index (χ3n) is 17.4. The Morgan fingerprint density at radius 2 is 0.871 bits per heavy atom. The molecule has 0 atom stereocenters. The van der Waals surface area contributed by atoms with Crippen LogP contribution in [-0.2, 0) is 11.8 Å². The Morgan fingerprint density at radius 3 is 1.46 bits per heavy atom. The zero-order valence-electron chi connectivity index (χ0n) is 41.3. The monoisotopic (exact) mass is 894 g/mol. The normalized spacial score (nSPS) is 14.8. The van der Waals surface area contributed by atoms with Gasteiger partial charge in [-0.25, -0.2) is 0 Å². The molecule has 0 spiro atoms. The molecule has 0 saturated heterocycles. The molecule has 0 radical (unpaired) electrons. The maximum atomic E-state index is 2.75. The molecule has 3 heterocycles. The summed E-state index contributed by atoms with van der Waals surface area (Å²) in [7, 11) is 0. The number of nitrogens with zero attached hydrogens (tertiary/aromatic N) is 2. The Hall–Kier alpha value is -7.55. The van der Waals surface area contributed by atoms with Crippen molar-refractivity contribution in [3.63, 3.8) is 0 Å².